The number of hydrogen-bond donors (Lipinski definition) is 1. The molecule has 2 aromatic carbocycles. The van der Waals surface area contributed by atoms with Gasteiger partial charge in [0.25, 0.3) is 0 Å². The van der Waals surface area contributed by atoms with Crippen molar-refractivity contribution < 1.29 is 18.0 Å². The van der Waals surface area contributed by atoms with Crippen LogP contribution >= 0.6 is 23.2 Å². The van der Waals surface area contributed by atoms with Crippen molar-refractivity contribution in [1.29, 1.82) is 0 Å². The molecule has 0 bridgehead atoms. The molecule has 0 aliphatic carbocycles. The molecule has 0 heterocycles. The summed E-state index contributed by atoms with van der Waals surface area (Å²) in [6, 6.07) is 11.2. The van der Waals surface area contributed by atoms with Crippen molar-refractivity contribution in [1.82, 2.24) is 10.2 Å². The van der Waals surface area contributed by atoms with E-state index in [0.717, 1.165) is 28.1 Å². The molecule has 0 aromatic heterocycles. The number of halogens is 2. The van der Waals surface area contributed by atoms with Crippen molar-refractivity contribution in [3.8, 4) is 0 Å². The van der Waals surface area contributed by atoms with Crippen LogP contribution in [0, 0.1) is 6.92 Å². The fourth-order valence-electron chi connectivity index (χ4n) is 3.53. The van der Waals surface area contributed by atoms with Crippen molar-refractivity contribution in [2.24, 2.45) is 0 Å². The predicted molar refractivity (Wildman–Crippen MR) is 142 cm³/mol. The summed E-state index contributed by atoms with van der Waals surface area (Å²) in [6.07, 6.45) is 2.11. The normalized spacial score (nSPS) is 13.1. The van der Waals surface area contributed by atoms with Crippen LogP contribution in [-0.2, 0) is 26.2 Å². The number of nitrogens with zero attached hydrogens (tertiary/aromatic N) is 2. The maximum Gasteiger partial charge on any atom is 0.244 e. The average Bonchev–Trinajstić information content (AvgIpc) is 2.78. The smallest absolute Gasteiger partial charge is 0.244 e. The minimum absolute atomic E-state index is 0.0618. The minimum Gasteiger partial charge on any atom is -0.352 e. The Morgan fingerprint density at radius 2 is 1.66 bits per heavy atom. The zero-order chi connectivity index (χ0) is 26.3. The number of amides is 2. The molecule has 0 aliphatic heterocycles. The van der Waals surface area contributed by atoms with Crippen molar-refractivity contribution in [2.45, 2.75) is 59.2 Å². The van der Waals surface area contributed by atoms with Gasteiger partial charge in [-0.25, -0.2) is 8.42 Å². The third-order valence-corrected chi connectivity index (χ3v) is 7.38. The van der Waals surface area contributed by atoms with Crippen molar-refractivity contribution in [2.75, 3.05) is 17.1 Å². The predicted octanol–water partition coefficient (Wildman–Crippen LogP) is 4.79. The molecule has 0 saturated heterocycles. The number of nitrogens with one attached hydrogen (secondary N) is 1. The Hall–Kier alpha value is -2.29. The Kier molecular flexibility index (Phi) is 10.4. The summed E-state index contributed by atoms with van der Waals surface area (Å²) in [5, 5.41) is 3.38. The molecule has 2 rings (SSSR count). The Morgan fingerprint density at radius 3 is 2.17 bits per heavy atom. The van der Waals surface area contributed by atoms with Gasteiger partial charge in [-0.3, -0.25) is 13.9 Å². The Labute approximate surface area is 218 Å². The van der Waals surface area contributed by atoms with Gasteiger partial charge in [0.15, 0.2) is 0 Å². The number of carbonyl (C=O) groups is 2. The highest BCUT2D eigenvalue weighted by molar-refractivity contribution is 7.92. The number of hydrogen-bond acceptors (Lipinski definition) is 4. The molecular weight excluding hydrogens is 509 g/mol. The number of anilines is 1. The first-order chi connectivity index (χ1) is 16.4. The van der Waals surface area contributed by atoms with Crippen LogP contribution in [0.3, 0.4) is 0 Å². The molecule has 0 radical (unpaired) electrons. The highest BCUT2D eigenvalue weighted by Crippen LogP contribution is 2.30. The summed E-state index contributed by atoms with van der Waals surface area (Å²) >= 11 is 12.2. The molecule has 0 saturated carbocycles. The number of benzene rings is 2. The Morgan fingerprint density at radius 1 is 1.03 bits per heavy atom. The molecule has 7 nitrogen and oxygen atoms in total. The molecule has 2 amide bonds. The summed E-state index contributed by atoms with van der Waals surface area (Å²) in [4.78, 5) is 28.2. The van der Waals surface area contributed by atoms with E-state index in [0.29, 0.717) is 11.4 Å². The fourth-order valence-corrected chi connectivity index (χ4v) is 4.95. The van der Waals surface area contributed by atoms with Crippen LogP contribution < -0.4 is 9.62 Å². The van der Waals surface area contributed by atoms with E-state index in [9.17, 15) is 18.0 Å². The summed E-state index contributed by atoms with van der Waals surface area (Å²) in [5.41, 5.74) is 2.03. The molecule has 10 heteroatoms. The SMILES string of the molecule is CC[C@H](C)NC(=O)[C@H](CC)N(Cc1ccc(C)cc1)C(=O)CN(c1ccc(Cl)cc1Cl)S(C)(=O)=O. The summed E-state index contributed by atoms with van der Waals surface area (Å²) in [5.74, 6) is -0.800. The minimum atomic E-state index is -3.88. The number of sulfonamides is 1. The molecule has 0 aliphatic rings. The second-order valence-electron chi connectivity index (χ2n) is 8.61. The lowest BCUT2D eigenvalue weighted by Crippen LogP contribution is -2.53. The third-order valence-electron chi connectivity index (χ3n) is 5.72. The number of aryl methyl sites for hydroxylation is 1. The zero-order valence-corrected chi connectivity index (χ0v) is 23.0. The van der Waals surface area contributed by atoms with E-state index < -0.39 is 28.5 Å². The maximum absolute atomic E-state index is 13.7. The number of carbonyl (C=O) groups excluding carboxylic acids is 2. The van der Waals surface area contributed by atoms with E-state index >= 15 is 0 Å². The molecular formula is C25H33Cl2N3O4S. The van der Waals surface area contributed by atoms with E-state index in [-0.39, 0.29) is 29.2 Å². The van der Waals surface area contributed by atoms with Crippen molar-refractivity contribution >= 4 is 50.7 Å². The lowest BCUT2D eigenvalue weighted by molar-refractivity contribution is -0.140. The Balaban J connectivity index is 2.46. The molecule has 2 atom stereocenters. The third kappa shape index (κ3) is 8.12. The van der Waals surface area contributed by atoms with Crippen LogP contribution in [0.15, 0.2) is 42.5 Å². The molecule has 0 spiro atoms. The largest absolute Gasteiger partial charge is 0.352 e. The van der Waals surface area contributed by atoms with Gasteiger partial charge in [-0.2, -0.15) is 0 Å². The van der Waals surface area contributed by atoms with E-state index in [2.05, 4.69) is 5.32 Å². The van der Waals surface area contributed by atoms with E-state index in [1.807, 2.05) is 52.0 Å². The van der Waals surface area contributed by atoms with E-state index in [1.54, 1.807) is 0 Å². The van der Waals surface area contributed by atoms with Crippen LogP contribution in [0.25, 0.3) is 0 Å². The number of rotatable bonds is 11. The van der Waals surface area contributed by atoms with Gasteiger partial charge in [0.05, 0.1) is 17.0 Å². The molecule has 0 unspecified atom stereocenters. The van der Waals surface area contributed by atoms with Gasteiger partial charge in [-0.15, -0.1) is 0 Å². The molecule has 2 aromatic rings. The van der Waals surface area contributed by atoms with Crippen LogP contribution in [0.2, 0.25) is 10.0 Å². The summed E-state index contributed by atoms with van der Waals surface area (Å²) < 4.78 is 26.3. The fraction of sp³-hybridized carbons (Fsp3) is 0.440. The lowest BCUT2D eigenvalue weighted by Gasteiger charge is -2.33. The molecule has 1 N–H and O–H groups in total. The molecule has 192 valence electrons. The molecule has 35 heavy (non-hydrogen) atoms. The van der Waals surface area contributed by atoms with Gasteiger partial charge in [0, 0.05) is 17.6 Å². The highest BCUT2D eigenvalue weighted by atomic mass is 35.5. The standard InChI is InChI=1S/C25H33Cl2N3O4S/c1-6-18(4)28-25(32)22(7-2)29(15-19-10-8-17(3)9-11-19)24(31)16-30(35(5,33)34)23-13-12-20(26)14-21(23)27/h8-14,18,22H,6-7,15-16H2,1-5H3,(H,28,32)/t18-,22-/m0/s1. The van der Waals surface area contributed by atoms with Gasteiger partial charge < -0.3 is 10.2 Å². The second kappa shape index (κ2) is 12.6. The van der Waals surface area contributed by atoms with Gasteiger partial charge in [0.1, 0.15) is 12.6 Å². The van der Waals surface area contributed by atoms with Gasteiger partial charge >= 0.3 is 0 Å². The monoisotopic (exact) mass is 541 g/mol. The average molecular weight is 543 g/mol. The van der Waals surface area contributed by atoms with Crippen LogP contribution in [0.4, 0.5) is 5.69 Å². The summed E-state index contributed by atoms with van der Waals surface area (Å²) in [6.45, 7) is 7.27. The summed E-state index contributed by atoms with van der Waals surface area (Å²) in [7, 11) is -3.88. The van der Waals surface area contributed by atoms with Gasteiger partial charge in [0.2, 0.25) is 21.8 Å². The van der Waals surface area contributed by atoms with Crippen molar-refractivity contribution in [3.05, 3.63) is 63.6 Å². The van der Waals surface area contributed by atoms with Crippen LogP contribution in [0.5, 0.6) is 0 Å². The quantitative estimate of drug-likeness (QED) is 0.443. The van der Waals surface area contributed by atoms with Crippen molar-refractivity contribution in [3.63, 3.8) is 0 Å². The van der Waals surface area contributed by atoms with Crippen LogP contribution in [0.1, 0.15) is 44.7 Å². The first-order valence-corrected chi connectivity index (χ1v) is 14.1. The van der Waals surface area contributed by atoms with Gasteiger partial charge in [-0.1, -0.05) is 66.9 Å². The lowest BCUT2D eigenvalue weighted by atomic mass is 10.1. The van der Waals surface area contributed by atoms with Crippen LogP contribution in [-0.4, -0.2) is 50.0 Å². The Bertz CT molecular complexity index is 1140. The van der Waals surface area contributed by atoms with Gasteiger partial charge in [-0.05, 0) is 50.5 Å². The topological polar surface area (TPSA) is 86.8 Å². The highest BCUT2D eigenvalue weighted by Gasteiger charge is 2.32. The molecule has 0 fully saturated rings. The second-order valence-corrected chi connectivity index (χ2v) is 11.4. The first kappa shape index (κ1) is 28.9. The van der Waals surface area contributed by atoms with E-state index in [4.69, 9.17) is 23.2 Å². The first-order valence-electron chi connectivity index (χ1n) is 11.5. The zero-order valence-electron chi connectivity index (χ0n) is 20.7. The van der Waals surface area contributed by atoms with E-state index in [1.165, 1.54) is 23.1 Å². The maximum atomic E-state index is 13.7.